The molecule has 1 nitrogen and oxygen atoms in total. The van der Waals surface area contributed by atoms with Crippen molar-refractivity contribution in [3.8, 4) is 0 Å². The summed E-state index contributed by atoms with van der Waals surface area (Å²) in [7, 11) is -1.56. The Bertz CT molecular complexity index is 268. The van der Waals surface area contributed by atoms with Gasteiger partial charge < -0.3 is 4.43 Å². The molecular formula is C14H27IOSi. The lowest BCUT2D eigenvalue weighted by Crippen LogP contribution is -2.42. The maximum atomic E-state index is 6.37. The molecule has 0 aromatic heterocycles. The van der Waals surface area contributed by atoms with Gasteiger partial charge in [0.2, 0.25) is 0 Å². The first-order valence-corrected chi connectivity index (χ1v) is 11.1. The van der Waals surface area contributed by atoms with E-state index in [1.54, 1.807) is 0 Å². The van der Waals surface area contributed by atoms with Crippen molar-refractivity contribution in [1.29, 1.82) is 0 Å². The van der Waals surface area contributed by atoms with Crippen molar-refractivity contribution >= 4 is 30.9 Å². The summed E-state index contributed by atoms with van der Waals surface area (Å²) in [4.78, 5) is 0. The van der Waals surface area contributed by atoms with Crippen molar-refractivity contribution in [2.75, 3.05) is 11.0 Å². The van der Waals surface area contributed by atoms with Crippen LogP contribution in [-0.4, -0.2) is 19.4 Å². The molecule has 0 N–H and O–H groups in total. The number of allylic oxidation sites excluding steroid dienone is 2. The van der Waals surface area contributed by atoms with Crippen LogP contribution in [0, 0.1) is 11.8 Å². The van der Waals surface area contributed by atoms with Gasteiger partial charge in [0, 0.05) is 11.0 Å². The fourth-order valence-corrected chi connectivity index (χ4v) is 3.99. The van der Waals surface area contributed by atoms with E-state index in [1.165, 1.54) is 17.3 Å². The Morgan fingerprint density at radius 3 is 2.18 bits per heavy atom. The lowest BCUT2D eigenvalue weighted by molar-refractivity contribution is 0.186. The van der Waals surface area contributed by atoms with E-state index in [2.05, 4.69) is 68.6 Å². The van der Waals surface area contributed by atoms with E-state index in [0.29, 0.717) is 5.04 Å². The molecule has 0 bridgehead atoms. The average molecular weight is 366 g/mol. The van der Waals surface area contributed by atoms with Gasteiger partial charge >= 0.3 is 0 Å². The summed E-state index contributed by atoms with van der Waals surface area (Å²) in [5.74, 6) is 1.57. The molecule has 0 saturated heterocycles. The maximum Gasteiger partial charge on any atom is 0.191 e. The van der Waals surface area contributed by atoms with Gasteiger partial charge in [-0.3, -0.25) is 0 Å². The zero-order chi connectivity index (χ0) is 13.1. The van der Waals surface area contributed by atoms with Gasteiger partial charge in [0.05, 0.1) is 0 Å². The number of rotatable bonds is 4. The summed E-state index contributed by atoms with van der Waals surface area (Å²) in [5.41, 5.74) is 0. The summed E-state index contributed by atoms with van der Waals surface area (Å²) < 4.78 is 7.62. The molecule has 0 amide bonds. The second-order valence-corrected chi connectivity index (χ2v) is 12.4. The molecule has 0 unspecified atom stereocenters. The first-order chi connectivity index (χ1) is 7.78. The summed E-state index contributed by atoms with van der Waals surface area (Å²) in [6.45, 7) is 12.6. The van der Waals surface area contributed by atoms with Crippen LogP contribution in [0.3, 0.4) is 0 Å². The van der Waals surface area contributed by atoms with Crippen molar-refractivity contribution in [3.05, 3.63) is 12.2 Å². The zero-order valence-corrected chi connectivity index (χ0v) is 15.1. The normalized spacial score (nSPS) is 26.2. The van der Waals surface area contributed by atoms with Gasteiger partial charge in [0.15, 0.2) is 8.32 Å². The maximum absolute atomic E-state index is 6.37. The third-order valence-electron chi connectivity index (χ3n) is 4.37. The van der Waals surface area contributed by atoms with E-state index in [0.717, 1.165) is 18.4 Å². The van der Waals surface area contributed by atoms with Crippen LogP contribution in [0.2, 0.25) is 18.1 Å². The molecule has 0 spiro atoms. The van der Waals surface area contributed by atoms with Crippen LogP contribution in [-0.2, 0) is 4.43 Å². The molecule has 1 rings (SSSR count). The lowest BCUT2D eigenvalue weighted by atomic mass is 9.85. The molecule has 2 atom stereocenters. The van der Waals surface area contributed by atoms with E-state index in [4.69, 9.17) is 4.43 Å². The Labute approximate surface area is 122 Å². The molecule has 1 aliphatic rings. The quantitative estimate of drug-likeness (QED) is 0.294. The van der Waals surface area contributed by atoms with Crippen LogP contribution < -0.4 is 0 Å². The third-order valence-corrected chi connectivity index (χ3v) is 10.0. The van der Waals surface area contributed by atoms with E-state index in [9.17, 15) is 0 Å². The van der Waals surface area contributed by atoms with Crippen LogP contribution >= 0.6 is 22.6 Å². The zero-order valence-electron chi connectivity index (χ0n) is 11.9. The molecule has 100 valence electrons. The van der Waals surface area contributed by atoms with Crippen molar-refractivity contribution in [1.82, 2.24) is 0 Å². The first kappa shape index (κ1) is 15.7. The Morgan fingerprint density at radius 1 is 1.18 bits per heavy atom. The fourth-order valence-electron chi connectivity index (χ4n) is 1.85. The summed E-state index contributed by atoms with van der Waals surface area (Å²) >= 11 is 2.52. The molecule has 0 aromatic rings. The summed E-state index contributed by atoms with van der Waals surface area (Å²) in [5, 5.41) is 0.331. The topological polar surface area (TPSA) is 9.23 Å². The van der Waals surface area contributed by atoms with Gasteiger partial charge in [-0.2, -0.15) is 0 Å². The predicted octanol–water partition coefficient (Wildman–Crippen LogP) is 5.03. The molecular weight excluding hydrogens is 339 g/mol. The van der Waals surface area contributed by atoms with Gasteiger partial charge in [-0.25, -0.2) is 0 Å². The minimum absolute atomic E-state index is 0.331. The molecule has 0 saturated carbocycles. The molecule has 0 aromatic carbocycles. The van der Waals surface area contributed by atoms with Gasteiger partial charge in [-0.05, 0) is 42.8 Å². The molecule has 0 fully saturated rings. The summed E-state index contributed by atoms with van der Waals surface area (Å²) in [6, 6.07) is 0. The van der Waals surface area contributed by atoms with Crippen LogP contribution in [0.5, 0.6) is 0 Å². The van der Waals surface area contributed by atoms with Crippen molar-refractivity contribution in [2.24, 2.45) is 11.8 Å². The van der Waals surface area contributed by atoms with Gasteiger partial charge in [0.25, 0.3) is 0 Å². The number of halogens is 1. The molecule has 0 heterocycles. The van der Waals surface area contributed by atoms with Crippen molar-refractivity contribution in [2.45, 2.75) is 51.7 Å². The van der Waals surface area contributed by atoms with E-state index in [-0.39, 0.29) is 0 Å². The Hall–Kier alpha value is 0.647. The average Bonchev–Trinajstić information content (AvgIpc) is 2.25. The number of alkyl halides is 1. The van der Waals surface area contributed by atoms with Crippen LogP contribution in [0.25, 0.3) is 0 Å². The Morgan fingerprint density at radius 2 is 1.71 bits per heavy atom. The SMILES string of the molecule is CC(C)(C)[Si](C)(C)OC[C@@H]1CC=CC[C@H]1CI. The molecule has 17 heavy (non-hydrogen) atoms. The summed E-state index contributed by atoms with van der Waals surface area (Å²) in [6.07, 6.45) is 7.13. The highest BCUT2D eigenvalue weighted by Gasteiger charge is 2.38. The third kappa shape index (κ3) is 4.35. The van der Waals surface area contributed by atoms with Crippen molar-refractivity contribution in [3.63, 3.8) is 0 Å². The highest BCUT2D eigenvalue weighted by atomic mass is 127. The standard InChI is InChI=1S/C14H27IOSi/c1-14(2,3)17(4,5)16-11-13-9-7-6-8-12(13)10-15/h6-7,12-13H,8-11H2,1-5H3/t12-,13-/m0/s1. The fraction of sp³-hybridized carbons (Fsp3) is 0.857. The monoisotopic (exact) mass is 366 g/mol. The largest absolute Gasteiger partial charge is 0.417 e. The molecule has 3 heteroatoms. The van der Waals surface area contributed by atoms with Crippen LogP contribution in [0.4, 0.5) is 0 Å². The molecule has 1 aliphatic carbocycles. The van der Waals surface area contributed by atoms with Gasteiger partial charge in [0.1, 0.15) is 0 Å². The van der Waals surface area contributed by atoms with Crippen LogP contribution in [0.1, 0.15) is 33.6 Å². The lowest BCUT2D eigenvalue weighted by Gasteiger charge is -2.38. The van der Waals surface area contributed by atoms with E-state index in [1.807, 2.05) is 0 Å². The highest BCUT2D eigenvalue weighted by Crippen LogP contribution is 2.38. The predicted molar refractivity (Wildman–Crippen MR) is 87.4 cm³/mol. The Balaban J connectivity index is 2.52. The van der Waals surface area contributed by atoms with E-state index >= 15 is 0 Å². The second kappa shape index (κ2) is 6.20. The first-order valence-electron chi connectivity index (χ1n) is 6.63. The minimum Gasteiger partial charge on any atom is -0.417 e. The van der Waals surface area contributed by atoms with E-state index < -0.39 is 8.32 Å². The highest BCUT2D eigenvalue weighted by molar-refractivity contribution is 14.1. The van der Waals surface area contributed by atoms with Crippen molar-refractivity contribution < 1.29 is 4.43 Å². The van der Waals surface area contributed by atoms with Gasteiger partial charge in [-0.1, -0.05) is 55.5 Å². The second-order valence-electron chi connectivity index (χ2n) is 6.69. The minimum atomic E-state index is -1.56. The molecule has 0 radical (unpaired) electrons. The van der Waals surface area contributed by atoms with Gasteiger partial charge in [-0.15, -0.1) is 0 Å². The van der Waals surface area contributed by atoms with Crippen LogP contribution in [0.15, 0.2) is 12.2 Å². The number of hydrogen-bond donors (Lipinski definition) is 0. The smallest absolute Gasteiger partial charge is 0.191 e. The number of hydrogen-bond acceptors (Lipinski definition) is 1. The Kier molecular flexibility index (Phi) is 5.72. The molecule has 0 aliphatic heterocycles.